The number of nitrogens with one attached hydrogen (secondary N) is 1. The van der Waals surface area contributed by atoms with Crippen molar-refractivity contribution < 1.29 is 0 Å². The van der Waals surface area contributed by atoms with E-state index in [0.29, 0.717) is 0 Å². The van der Waals surface area contributed by atoms with Gasteiger partial charge in [-0.2, -0.15) is 0 Å². The van der Waals surface area contributed by atoms with E-state index in [4.69, 9.17) is 11.6 Å². The number of rotatable bonds is 2. The molecule has 1 aromatic rings. The lowest BCUT2D eigenvalue weighted by Crippen LogP contribution is -2.37. The predicted molar refractivity (Wildman–Crippen MR) is 66.3 cm³/mol. The first-order valence-corrected chi connectivity index (χ1v) is 5.61. The van der Waals surface area contributed by atoms with Crippen LogP contribution in [0.25, 0.3) is 5.57 Å². The van der Waals surface area contributed by atoms with E-state index >= 15 is 0 Å². The van der Waals surface area contributed by atoms with Crippen LogP contribution in [0.15, 0.2) is 24.3 Å². The van der Waals surface area contributed by atoms with Crippen molar-refractivity contribution in [1.29, 1.82) is 0 Å². The molecular formula is C13H16ClN. The minimum atomic E-state index is 0.00985. The van der Waals surface area contributed by atoms with Crippen LogP contribution in [0.3, 0.4) is 0 Å². The molecule has 1 aromatic carbocycles. The summed E-state index contributed by atoms with van der Waals surface area (Å²) in [5.74, 6) is 0. The molecular weight excluding hydrogens is 206 g/mol. The molecule has 0 aliphatic heterocycles. The third-order valence-electron chi connectivity index (χ3n) is 3.19. The first kappa shape index (κ1) is 10.7. The van der Waals surface area contributed by atoms with Crippen LogP contribution in [0.2, 0.25) is 5.02 Å². The van der Waals surface area contributed by atoms with E-state index in [1.807, 2.05) is 13.1 Å². The van der Waals surface area contributed by atoms with E-state index < -0.39 is 0 Å². The fourth-order valence-electron chi connectivity index (χ4n) is 2.03. The summed E-state index contributed by atoms with van der Waals surface area (Å²) >= 11 is 6.03. The van der Waals surface area contributed by atoms with Crippen molar-refractivity contribution in [3.05, 3.63) is 40.4 Å². The van der Waals surface area contributed by atoms with Crippen molar-refractivity contribution in [2.45, 2.75) is 25.8 Å². The highest BCUT2D eigenvalue weighted by molar-refractivity contribution is 6.30. The van der Waals surface area contributed by atoms with Gasteiger partial charge in [0.15, 0.2) is 0 Å². The molecule has 80 valence electrons. The summed E-state index contributed by atoms with van der Waals surface area (Å²) < 4.78 is 0. The van der Waals surface area contributed by atoms with Gasteiger partial charge in [-0.05, 0) is 56.1 Å². The largest absolute Gasteiger partial charge is 0.311 e. The number of hydrogen-bond donors (Lipinski definition) is 1. The Hall–Kier alpha value is -0.790. The van der Waals surface area contributed by atoms with Gasteiger partial charge in [0.2, 0.25) is 0 Å². The summed E-state index contributed by atoms with van der Waals surface area (Å²) in [4.78, 5) is 0. The first-order valence-electron chi connectivity index (χ1n) is 5.23. The standard InChI is InChI=1S/C13H16ClN/c1-13(2,15-3)12-7-5-9-4-6-10(14)8-11(9)12/h4,6-8,15H,5H2,1-3H3. The van der Waals surface area contributed by atoms with Crippen molar-refractivity contribution in [2.75, 3.05) is 7.05 Å². The summed E-state index contributed by atoms with van der Waals surface area (Å²) in [5.41, 5.74) is 4.03. The molecule has 15 heavy (non-hydrogen) atoms. The van der Waals surface area contributed by atoms with Gasteiger partial charge in [0.05, 0.1) is 0 Å². The minimum absolute atomic E-state index is 0.00985. The van der Waals surface area contributed by atoms with Crippen molar-refractivity contribution in [3.63, 3.8) is 0 Å². The number of hydrogen-bond acceptors (Lipinski definition) is 1. The third-order valence-corrected chi connectivity index (χ3v) is 3.42. The van der Waals surface area contributed by atoms with Crippen LogP contribution in [-0.2, 0) is 6.42 Å². The van der Waals surface area contributed by atoms with E-state index in [-0.39, 0.29) is 5.54 Å². The van der Waals surface area contributed by atoms with E-state index in [2.05, 4.69) is 37.4 Å². The van der Waals surface area contributed by atoms with E-state index in [0.717, 1.165) is 11.4 Å². The molecule has 0 amide bonds. The molecule has 0 atom stereocenters. The number of halogens is 1. The van der Waals surface area contributed by atoms with Crippen LogP contribution in [0, 0.1) is 0 Å². The molecule has 1 N–H and O–H groups in total. The van der Waals surface area contributed by atoms with Gasteiger partial charge in [-0.1, -0.05) is 23.7 Å². The quantitative estimate of drug-likeness (QED) is 0.808. The Morgan fingerprint density at radius 2 is 2.07 bits per heavy atom. The molecule has 1 aliphatic rings. The van der Waals surface area contributed by atoms with Gasteiger partial charge in [0.1, 0.15) is 0 Å². The fraction of sp³-hybridized carbons (Fsp3) is 0.385. The monoisotopic (exact) mass is 221 g/mol. The topological polar surface area (TPSA) is 12.0 Å². The molecule has 0 unspecified atom stereocenters. The summed E-state index contributed by atoms with van der Waals surface area (Å²) in [5, 5.41) is 4.15. The number of allylic oxidation sites excluding steroid dienone is 1. The molecule has 0 saturated heterocycles. The van der Waals surface area contributed by atoms with Crippen molar-refractivity contribution >= 4 is 17.2 Å². The SMILES string of the molecule is CNC(C)(C)C1=CCc2ccc(Cl)cc21. The van der Waals surface area contributed by atoms with Gasteiger partial charge < -0.3 is 5.32 Å². The second-order valence-corrected chi connectivity index (χ2v) is 4.93. The zero-order chi connectivity index (χ0) is 11.1. The van der Waals surface area contributed by atoms with Crippen LogP contribution < -0.4 is 5.32 Å². The summed E-state index contributed by atoms with van der Waals surface area (Å²) in [7, 11) is 1.99. The summed E-state index contributed by atoms with van der Waals surface area (Å²) in [6.45, 7) is 4.38. The van der Waals surface area contributed by atoms with Gasteiger partial charge in [-0.3, -0.25) is 0 Å². The zero-order valence-electron chi connectivity index (χ0n) is 9.39. The Labute approximate surface area is 96.1 Å². The van der Waals surface area contributed by atoms with E-state index in [1.54, 1.807) is 0 Å². The predicted octanol–water partition coefficient (Wildman–Crippen LogP) is 3.28. The Balaban J connectivity index is 2.46. The van der Waals surface area contributed by atoms with Gasteiger partial charge in [0.25, 0.3) is 0 Å². The zero-order valence-corrected chi connectivity index (χ0v) is 10.2. The van der Waals surface area contributed by atoms with E-state index in [9.17, 15) is 0 Å². The van der Waals surface area contributed by atoms with Crippen LogP contribution in [0.1, 0.15) is 25.0 Å². The van der Waals surface area contributed by atoms with Crippen molar-refractivity contribution in [2.24, 2.45) is 0 Å². The lowest BCUT2D eigenvalue weighted by Gasteiger charge is -2.27. The van der Waals surface area contributed by atoms with Crippen LogP contribution in [0.5, 0.6) is 0 Å². The summed E-state index contributed by atoms with van der Waals surface area (Å²) in [6.07, 6.45) is 3.31. The van der Waals surface area contributed by atoms with Crippen LogP contribution in [0.4, 0.5) is 0 Å². The second kappa shape index (κ2) is 3.66. The van der Waals surface area contributed by atoms with Crippen LogP contribution >= 0.6 is 11.6 Å². The number of fused-ring (bicyclic) bond motifs is 1. The van der Waals surface area contributed by atoms with Crippen molar-refractivity contribution in [3.8, 4) is 0 Å². The fourth-order valence-corrected chi connectivity index (χ4v) is 2.20. The molecule has 0 radical (unpaired) electrons. The minimum Gasteiger partial charge on any atom is -0.311 e. The number of likely N-dealkylation sites (N-methyl/N-ethyl adjacent to an activating group) is 1. The van der Waals surface area contributed by atoms with Crippen molar-refractivity contribution in [1.82, 2.24) is 5.32 Å². The second-order valence-electron chi connectivity index (χ2n) is 4.50. The van der Waals surface area contributed by atoms with Gasteiger partial charge >= 0.3 is 0 Å². The maximum Gasteiger partial charge on any atom is 0.0412 e. The molecule has 0 aromatic heterocycles. The molecule has 0 bridgehead atoms. The molecule has 1 aliphatic carbocycles. The normalized spacial score (nSPS) is 15.1. The highest BCUT2D eigenvalue weighted by Gasteiger charge is 2.27. The van der Waals surface area contributed by atoms with E-state index in [1.165, 1.54) is 16.7 Å². The molecule has 0 heterocycles. The van der Waals surface area contributed by atoms with Crippen LogP contribution in [-0.4, -0.2) is 12.6 Å². The van der Waals surface area contributed by atoms with Gasteiger partial charge in [-0.15, -0.1) is 0 Å². The average Bonchev–Trinajstić information content (AvgIpc) is 2.61. The smallest absolute Gasteiger partial charge is 0.0412 e. The average molecular weight is 222 g/mol. The molecule has 2 rings (SSSR count). The Bertz CT molecular complexity index is 419. The highest BCUT2D eigenvalue weighted by Crippen LogP contribution is 2.36. The molecule has 1 nitrogen and oxygen atoms in total. The maximum absolute atomic E-state index is 6.03. The van der Waals surface area contributed by atoms with Gasteiger partial charge in [-0.25, -0.2) is 0 Å². The van der Waals surface area contributed by atoms with Gasteiger partial charge in [0, 0.05) is 10.6 Å². The first-order chi connectivity index (χ1) is 7.04. The maximum atomic E-state index is 6.03. The number of benzene rings is 1. The Morgan fingerprint density at radius 1 is 1.33 bits per heavy atom. The lowest BCUT2D eigenvalue weighted by atomic mass is 9.90. The summed E-state index contributed by atoms with van der Waals surface area (Å²) in [6, 6.07) is 6.14. The Morgan fingerprint density at radius 3 is 2.73 bits per heavy atom. The molecule has 0 spiro atoms. The molecule has 0 fully saturated rings. The molecule has 0 saturated carbocycles. The highest BCUT2D eigenvalue weighted by atomic mass is 35.5. The third kappa shape index (κ3) is 1.82. The molecule has 2 heteroatoms. The lowest BCUT2D eigenvalue weighted by molar-refractivity contribution is 0.546. The Kier molecular flexibility index (Phi) is 2.61.